The molecule has 5 nitrogen and oxygen atoms in total. The standard InChI is InChI=1S/C20H34N4O.HI/c1-16(2)14-24-10-11-25-19(15-24)13-23-20(21-4)22-12-17(3)18-8-6-5-7-9-18;/h5-9,16-17,19H,10-15H2,1-4H3,(H2,21,22,23);1H. The lowest BCUT2D eigenvalue weighted by Gasteiger charge is -2.34. The molecule has 0 radical (unpaired) electrons. The summed E-state index contributed by atoms with van der Waals surface area (Å²) < 4.78 is 5.89. The lowest BCUT2D eigenvalue weighted by Crippen LogP contribution is -2.50. The van der Waals surface area contributed by atoms with Crippen LogP contribution >= 0.6 is 24.0 Å². The third-order valence-electron chi connectivity index (χ3n) is 4.51. The van der Waals surface area contributed by atoms with E-state index in [4.69, 9.17) is 4.74 Å². The number of ether oxygens (including phenoxy) is 1. The Kier molecular flexibility index (Phi) is 11.2. The van der Waals surface area contributed by atoms with Gasteiger partial charge >= 0.3 is 0 Å². The van der Waals surface area contributed by atoms with E-state index in [1.807, 2.05) is 7.05 Å². The topological polar surface area (TPSA) is 48.9 Å². The van der Waals surface area contributed by atoms with E-state index in [0.29, 0.717) is 11.8 Å². The van der Waals surface area contributed by atoms with E-state index in [2.05, 4.69) is 71.6 Å². The second kappa shape index (κ2) is 12.5. The Morgan fingerprint density at radius 2 is 1.96 bits per heavy atom. The maximum absolute atomic E-state index is 5.89. The van der Waals surface area contributed by atoms with Crippen molar-refractivity contribution in [1.29, 1.82) is 0 Å². The van der Waals surface area contributed by atoms with Gasteiger partial charge < -0.3 is 15.4 Å². The first-order valence-electron chi connectivity index (χ1n) is 9.42. The van der Waals surface area contributed by atoms with Crippen LogP contribution in [0.5, 0.6) is 0 Å². The van der Waals surface area contributed by atoms with Crippen LogP contribution in [-0.4, -0.2) is 63.3 Å². The molecule has 0 saturated carbocycles. The summed E-state index contributed by atoms with van der Waals surface area (Å²) >= 11 is 0. The molecule has 2 atom stereocenters. The van der Waals surface area contributed by atoms with Gasteiger partial charge in [-0.05, 0) is 17.4 Å². The number of benzene rings is 1. The van der Waals surface area contributed by atoms with Gasteiger partial charge in [0.2, 0.25) is 0 Å². The van der Waals surface area contributed by atoms with E-state index >= 15 is 0 Å². The van der Waals surface area contributed by atoms with Crippen molar-refractivity contribution >= 4 is 29.9 Å². The molecule has 1 heterocycles. The quantitative estimate of drug-likeness (QED) is 0.363. The van der Waals surface area contributed by atoms with Gasteiger partial charge in [-0.2, -0.15) is 0 Å². The SMILES string of the molecule is CN=C(NCC1CN(CC(C)C)CCO1)NCC(C)c1ccccc1.I. The molecular weight excluding hydrogens is 439 g/mol. The molecule has 1 aromatic rings. The van der Waals surface area contributed by atoms with Gasteiger partial charge in [-0.3, -0.25) is 9.89 Å². The Morgan fingerprint density at radius 3 is 2.62 bits per heavy atom. The van der Waals surface area contributed by atoms with Crippen LogP contribution in [0.3, 0.4) is 0 Å². The second-order valence-corrected chi connectivity index (χ2v) is 7.29. The summed E-state index contributed by atoms with van der Waals surface area (Å²) in [6.45, 7) is 12.4. The normalized spacial score (nSPS) is 19.7. The minimum Gasteiger partial charge on any atom is -0.374 e. The van der Waals surface area contributed by atoms with E-state index in [1.165, 1.54) is 5.56 Å². The molecule has 2 rings (SSSR count). The second-order valence-electron chi connectivity index (χ2n) is 7.29. The molecule has 1 saturated heterocycles. The summed E-state index contributed by atoms with van der Waals surface area (Å²) in [5.41, 5.74) is 1.34. The zero-order chi connectivity index (χ0) is 18.1. The van der Waals surface area contributed by atoms with E-state index in [0.717, 1.165) is 45.3 Å². The molecule has 6 heteroatoms. The van der Waals surface area contributed by atoms with Crippen LogP contribution in [0.25, 0.3) is 0 Å². The third-order valence-corrected chi connectivity index (χ3v) is 4.51. The lowest BCUT2D eigenvalue weighted by molar-refractivity contribution is -0.0284. The van der Waals surface area contributed by atoms with Gasteiger partial charge in [0.15, 0.2) is 5.96 Å². The van der Waals surface area contributed by atoms with Crippen LogP contribution in [0.2, 0.25) is 0 Å². The Morgan fingerprint density at radius 1 is 1.23 bits per heavy atom. The fraction of sp³-hybridized carbons (Fsp3) is 0.650. The fourth-order valence-electron chi connectivity index (χ4n) is 3.17. The molecule has 0 bridgehead atoms. The van der Waals surface area contributed by atoms with Crippen molar-refractivity contribution in [2.24, 2.45) is 10.9 Å². The number of rotatable bonds is 7. The first kappa shape index (κ1) is 23.2. The summed E-state index contributed by atoms with van der Waals surface area (Å²) in [6, 6.07) is 10.6. The molecule has 0 aromatic heterocycles. The molecule has 26 heavy (non-hydrogen) atoms. The first-order valence-corrected chi connectivity index (χ1v) is 9.42. The van der Waals surface area contributed by atoms with Gasteiger partial charge in [-0.15, -0.1) is 24.0 Å². The van der Waals surface area contributed by atoms with Crippen LogP contribution in [0.15, 0.2) is 35.3 Å². The molecule has 1 aliphatic rings. The van der Waals surface area contributed by atoms with Crippen molar-refractivity contribution in [3.63, 3.8) is 0 Å². The predicted octanol–water partition coefficient (Wildman–Crippen LogP) is 2.93. The number of aliphatic imine (C=N–C) groups is 1. The molecule has 1 fully saturated rings. The highest BCUT2D eigenvalue weighted by Crippen LogP contribution is 2.13. The van der Waals surface area contributed by atoms with Crippen molar-refractivity contribution in [2.45, 2.75) is 32.8 Å². The number of nitrogens with one attached hydrogen (secondary N) is 2. The van der Waals surface area contributed by atoms with E-state index in [1.54, 1.807) is 0 Å². The van der Waals surface area contributed by atoms with Crippen molar-refractivity contribution in [3.05, 3.63) is 35.9 Å². The van der Waals surface area contributed by atoms with Crippen molar-refractivity contribution in [3.8, 4) is 0 Å². The monoisotopic (exact) mass is 474 g/mol. The number of guanidine groups is 1. The molecule has 2 N–H and O–H groups in total. The van der Waals surface area contributed by atoms with Crippen LogP contribution in [0.4, 0.5) is 0 Å². The zero-order valence-electron chi connectivity index (χ0n) is 16.6. The summed E-state index contributed by atoms with van der Waals surface area (Å²) in [6.07, 6.45) is 0.220. The van der Waals surface area contributed by atoms with Crippen LogP contribution < -0.4 is 10.6 Å². The average molecular weight is 474 g/mol. The number of nitrogens with zero attached hydrogens (tertiary/aromatic N) is 2. The van der Waals surface area contributed by atoms with Crippen LogP contribution in [-0.2, 0) is 4.74 Å². The van der Waals surface area contributed by atoms with Gasteiger partial charge in [0, 0.05) is 39.8 Å². The highest BCUT2D eigenvalue weighted by molar-refractivity contribution is 14.0. The number of hydrogen-bond acceptors (Lipinski definition) is 3. The molecular formula is C20H35IN4O. The average Bonchev–Trinajstić information content (AvgIpc) is 2.62. The highest BCUT2D eigenvalue weighted by Gasteiger charge is 2.21. The van der Waals surface area contributed by atoms with Crippen molar-refractivity contribution in [2.75, 3.05) is 46.4 Å². The molecule has 0 spiro atoms. The third kappa shape index (κ3) is 8.22. The largest absolute Gasteiger partial charge is 0.374 e. The van der Waals surface area contributed by atoms with E-state index in [-0.39, 0.29) is 30.1 Å². The Bertz CT molecular complexity index is 524. The molecule has 148 valence electrons. The van der Waals surface area contributed by atoms with Crippen molar-refractivity contribution in [1.82, 2.24) is 15.5 Å². The summed E-state index contributed by atoms with van der Waals surface area (Å²) in [5, 5.41) is 6.83. The number of morpholine rings is 1. The molecule has 2 unspecified atom stereocenters. The Balaban J connectivity index is 0.00000338. The maximum Gasteiger partial charge on any atom is 0.191 e. The Labute approximate surface area is 176 Å². The smallest absolute Gasteiger partial charge is 0.191 e. The first-order chi connectivity index (χ1) is 12.1. The minimum absolute atomic E-state index is 0. The van der Waals surface area contributed by atoms with Crippen LogP contribution in [0.1, 0.15) is 32.3 Å². The van der Waals surface area contributed by atoms with Gasteiger partial charge in [0.05, 0.1) is 12.7 Å². The molecule has 0 aliphatic carbocycles. The summed E-state index contributed by atoms with van der Waals surface area (Å²) in [7, 11) is 1.81. The fourth-order valence-corrected chi connectivity index (χ4v) is 3.17. The molecule has 1 aliphatic heterocycles. The van der Waals surface area contributed by atoms with Gasteiger partial charge in [-0.1, -0.05) is 51.1 Å². The van der Waals surface area contributed by atoms with Gasteiger partial charge in [0.25, 0.3) is 0 Å². The number of hydrogen-bond donors (Lipinski definition) is 2. The van der Waals surface area contributed by atoms with Gasteiger partial charge in [-0.25, -0.2) is 0 Å². The molecule has 1 aromatic carbocycles. The molecule has 0 amide bonds. The predicted molar refractivity (Wildman–Crippen MR) is 121 cm³/mol. The van der Waals surface area contributed by atoms with Crippen molar-refractivity contribution < 1.29 is 4.74 Å². The van der Waals surface area contributed by atoms with Gasteiger partial charge in [0.1, 0.15) is 0 Å². The summed E-state index contributed by atoms with van der Waals surface area (Å²) in [4.78, 5) is 6.82. The van der Waals surface area contributed by atoms with Crippen LogP contribution in [0, 0.1) is 5.92 Å². The Hall–Kier alpha value is -0.860. The minimum atomic E-state index is 0. The highest BCUT2D eigenvalue weighted by atomic mass is 127. The zero-order valence-corrected chi connectivity index (χ0v) is 18.9. The summed E-state index contributed by atoms with van der Waals surface area (Å²) in [5.74, 6) is 1.97. The van der Waals surface area contributed by atoms with E-state index < -0.39 is 0 Å². The maximum atomic E-state index is 5.89. The number of halogens is 1. The lowest BCUT2D eigenvalue weighted by atomic mass is 10.0. The van der Waals surface area contributed by atoms with E-state index in [9.17, 15) is 0 Å².